The van der Waals surface area contributed by atoms with E-state index in [4.69, 9.17) is 4.42 Å². The molecule has 0 spiro atoms. The van der Waals surface area contributed by atoms with Crippen molar-refractivity contribution in [1.82, 2.24) is 4.98 Å². The largest absolute Gasteiger partial charge is 0.440 e. The molecule has 48 valence electrons. The lowest BCUT2D eigenvalue weighted by Gasteiger charge is -1.84. The fourth-order valence-electron chi connectivity index (χ4n) is 0.640. The van der Waals surface area contributed by atoms with Crippen LogP contribution in [-0.2, 0) is 0 Å². The number of rotatable bonds is 1. The second kappa shape index (κ2) is 2.01. The zero-order valence-electron chi connectivity index (χ0n) is 5.34. The van der Waals surface area contributed by atoms with Gasteiger partial charge in [-0.25, -0.2) is 4.98 Å². The Kier molecular flexibility index (Phi) is 1.34. The molecule has 0 fully saturated rings. The van der Waals surface area contributed by atoms with Crippen molar-refractivity contribution in [3.05, 3.63) is 17.8 Å². The molecule has 0 aliphatic carbocycles. The Bertz CT molecular complexity index is 227. The smallest absolute Gasteiger partial charge is 0.196 e. The number of hydrogen-bond donors (Lipinski definition) is 0. The quantitative estimate of drug-likeness (QED) is 0.529. The number of Topliss-reactive ketones (excluding diaryl/α,β-unsaturated/α-hetero) is 1. The normalized spacial score (nSPS) is 9.56. The molecule has 0 radical (unpaired) electrons. The average molecular weight is 125 g/mol. The summed E-state index contributed by atoms with van der Waals surface area (Å²) in [6.45, 7) is 3.19. The molecule has 0 bridgehead atoms. The number of ketones is 1. The summed E-state index contributed by atoms with van der Waals surface area (Å²) in [6.07, 6.45) is 1.27. The summed E-state index contributed by atoms with van der Waals surface area (Å²) in [5.74, 6) is 0.278. The monoisotopic (exact) mass is 125 g/mol. The second-order valence-corrected chi connectivity index (χ2v) is 1.82. The Labute approximate surface area is 52.7 Å². The van der Waals surface area contributed by atoms with Crippen molar-refractivity contribution in [3.8, 4) is 0 Å². The molecule has 9 heavy (non-hydrogen) atoms. The van der Waals surface area contributed by atoms with Gasteiger partial charge in [0.05, 0.1) is 5.69 Å². The Morgan fingerprint density at radius 3 is 2.67 bits per heavy atom. The number of aryl methyl sites for hydroxylation is 1. The molecule has 0 saturated heterocycles. The van der Waals surface area contributed by atoms with E-state index in [1.165, 1.54) is 13.3 Å². The van der Waals surface area contributed by atoms with Gasteiger partial charge in [0.1, 0.15) is 0 Å². The lowest BCUT2D eigenvalue weighted by atomic mass is 10.3. The first-order valence-corrected chi connectivity index (χ1v) is 2.63. The van der Waals surface area contributed by atoms with Crippen molar-refractivity contribution in [2.24, 2.45) is 0 Å². The predicted molar refractivity (Wildman–Crippen MR) is 31.2 cm³/mol. The average Bonchev–Trinajstić information content (AvgIpc) is 2.13. The molecule has 1 aromatic rings. The molecule has 0 saturated carbocycles. The van der Waals surface area contributed by atoms with Gasteiger partial charge in [0.15, 0.2) is 17.9 Å². The first kappa shape index (κ1) is 6.01. The van der Waals surface area contributed by atoms with Crippen LogP contribution in [0.25, 0.3) is 0 Å². The maximum atomic E-state index is 10.6. The predicted octanol–water partition coefficient (Wildman–Crippen LogP) is 1.19. The maximum Gasteiger partial charge on any atom is 0.196 e. The lowest BCUT2D eigenvalue weighted by molar-refractivity contribution is 0.0986. The lowest BCUT2D eigenvalue weighted by Crippen LogP contribution is -1.90. The van der Waals surface area contributed by atoms with E-state index in [1.807, 2.05) is 0 Å². The fourth-order valence-corrected chi connectivity index (χ4v) is 0.640. The summed E-state index contributed by atoms with van der Waals surface area (Å²) in [5, 5.41) is 0. The third-order valence-corrected chi connectivity index (χ3v) is 1.07. The third kappa shape index (κ3) is 0.988. The van der Waals surface area contributed by atoms with Gasteiger partial charge in [0, 0.05) is 6.92 Å². The summed E-state index contributed by atoms with van der Waals surface area (Å²) in [5.41, 5.74) is 0.655. The molecule has 1 heterocycles. The van der Waals surface area contributed by atoms with Crippen molar-refractivity contribution in [3.63, 3.8) is 0 Å². The number of oxazole rings is 1. The van der Waals surface area contributed by atoms with Gasteiger partial charge < -0.3 is 4.42 Å². The van der Waals surface area contributed by atoms with Crippen molar-refractivity contribution >= 4 is 5.78 Å². The van der Waals surface area contributed by atoms with Crippen molar-refractivity contribution in [2.75, 3.05) is 0 Å². The Morgan fingerprint density at radius 2 is 2.44 bits per heavy atom. The highest BCUT2D eigenvalue weighted by molar-refractivity contribution is 5.92. The summed E-state index contributed by atoms with van der Waals surface area (Å²) in [6, 6.07) is 0. The van der Waals surface area contributed by atoms with Crippen LogP contribution < -0.4 is 0 Å². The topological polar surface area (TPSA) is 43.1 Å². The molecule has 0 aliphatic heterocycles. The number of carbonyl (C=O) groups excluding carboxylic acids is 1. The highest BCUT2D eigenvalue weighted by Gasteiger charge is 2.06. The van der Waals surface area contributed by atoms with Crippen LogP contribution in [-0.4, -0.2) is 10.8 Å². The first-order chi connectivity index (χ1) is 4.22. The van der Waals surface area contributed by atoms with Crippen LogP contribution in [0.4, 0.5) is 0 Å². The summed E-state index contributed by atoms with van der Waals surface area (Å²) in [4.78, 5) is 14.3. The minimum atomic E-state index is -0.0787. The molecule has 3 heteroatoms. The molecule has 0 N–H and O–H groups in total. The van der Waals surface area contributed by atoms with E-state index in [2.05, 4.69) is 4.98 Å². The van der Waals surface area contributed by atoms with E-state index in [-0.39, 0.29) is 5.78 Å². The van der Waals surface area contributed by atoms with Gasteiger partial charge in [0.2, 0.25) is 0 Å². The summed E-state index contributed by atoms with van der Waals surface area (Å²) in [7, 11) is 0. The number of aromatic nitrogens is 1. The second-order valence-electron chi connectivity index (χ2n) is 1.82. The zero-order valence-corrected chi connectivity index (χ0v) is 5.34. The molecule has 0 aliphatic rings. The Hall–Kier alpha value is -1.12. The molecular formula is C6H7NO2. The van der Waals surface area contributed by atoms with Gasteiger partial charge in [0.25, 0.3) is 0 Å². The molecule has 0 unspecified atom stereocenters. The summed E-state index contributed by atoms with van der Waals surface area (Å²) < 4.78 is 4.77. The van der Waals surface area contributed by atoms with E-state index in [0.717, 1.165) is 0 Å². The molecule has 0 amide bonds. The van der Waals surface area contributed by atoms with Crippen LogP contribution in [0.1, 0.15) is 23.2 Å². The van der Waals surface area contributed by atoms with Crippen LogP contribution in [0.2, 0.25) is 0 Å². The van der Waals surface area contributed by atoms with Gasteiger partial charge in [-0.1, -0.05) is 0 Å². The number of carbonyl (C=O) groups is 1. The van der Waals surface area contributed by atoms with Crippen LogP contribution >= 0.6 is 0 Å². The highest BCUT2D eigenvalue weighted by atomic mass is 16.3. The molecular weight excluding hydrogens is 118 g/mol. The van der Waals surface area contributed by atoms with Crippen molar-refractivity contribution in [1.29, 1.82) is 0 Å². The highest BCUT2D eigenvalue weighted by Crippen LogP contribution is 2.04. The molecule has 1 aromatic heterocycles. The van der Waals surface area contributed by atoms with E-state index in [9.17, 15) is 4.79 Å². The van der Waals surface area contributed by atoms with Gasteiger partial charge in [-0.05, 0) is 6.92 Å². The van der Waals surface area contributed by atoms with E-state index in [1.54, 1.807) is 6.92 Å². The molecule has 3 nitrogen and oxygen atoms in total. The number of nitrogens with zero attached hydrogens (tertiary/aromatic N) is 1. The van der Waals surface area contributed by atoms with E-state index < -0.39 is 0 Å². The van der Waals surface area contributed by atoms with Gasteiger partial charge in [-0.2, -0.15) is 0 Å². The van der Waals surface area contributed by atoms with E-state index >= 15 is 0 Å². The SMILES string of the molecule is CC(=O)c1ocnc1C. The van der Waals surface area contributed by atoms with Crippen LogP contribution in [0.5, 0.6) is 0 Å². The zero-order chi connectivity index (χ0) is 6.85. The Balaban J connectivity index is 3.08. The van der Waals surface area contributed by atoms with Crippen LogP contribution in [0.3, 0.4) is 0 Å². The molecule has 1 rings (SSSR count). The van der Waals surface area contributed by atoms with E-state index in [0.29, 0.717) is 11.5 Å². The summed E-state index contributed by atoms with van der Waals surface area (Å²) >= 11 is 0. The fraction of sp³-hybridized carbons (Fsp3) is 0.333. The minimum Gasteiger partial charge on any atom is -0.440 e. The van der Waals surface area contributed by atoms with Crippen molar-refractivity contribution in [2.45, 2.75) is 13.8 Å². The third-order valence-electron chi connectivity index (χ3n) is 1.07. The van der Waals surface area contributed by atoms with Gasteiger partial charge >= 0.3 is 0 Å². The Morgan fingerprint density at radius 1 is 1.78 bits per heavy atom. The maximum absolute atomic E-state index is 10.6. The van der Waals surface area contributed by atoms with Gasteiger partial charge in [-0.15, -0.1) is 0 Å². The minimum absolute atomic E-state index is 0.0787. The standard InChI is InChI=1S/C6H7NO2/c1-4-6(5(2)8)9-3-7-4/h3H,1-2H3. The van der Waals surface area contributed by atoms with Crippen molar-refractivity contribution < 1.29 is 9.21 Å². The molecule has 0 aromatic carbocycles. The van der Waals surface area contributed by atoms with Crippen LogP contribution in [0.15, 0.2) is 10.8 Å². The first-order valence-electron chi connectivity index (χ1n) is 2.63. The van der Waals surface area contributed by atoms with Crippen LogP contribution in [0, 0.1) is 6.92 Å². The molecule has 0 atom stereocenters. The number of hydrogen-bond acceptors (Lipinski definition) is 3. The van der Waals surface area contributed by atoms with Gasteiger partial charge in [-0.3, -0.25) is 4.79 Å².